The van der Waals surface area contributed by atoms with Crippen LogP contribution in [0.4, 0.5) is 5.69 Å². The maximum Gasteiger partial charge on any atom is 0.0766 e. The van der Waals surface area contributed by atoms with E-state index >= 15 is 0 Å². The molecule has 1 unspecified atom stereocenters. The lowest BCUT2D eigenvalue weighted by molar-refractivity contribution is 0.924. The first-order valence-corrected chi connectivity index (χ1v) is 5.13. The number of thioether (sulfide) groups is 1. The smallest absolute Gasteiger partial charge is 0.0766 e. The molecule has 0 saturated heterocycles. The van der Waals surface area contributed by atoms with Gasteiger partial charge in [0.2, 0.25) is 0 Å². The molecule has 2 rings (SSSR count). The second-order valence-electron chi connectivity index (χ2n) is 2.94. The van der Waals surface area contributed by atoms with Crippen LogP contribution in [0.5, 0.6) is 0 Å². The third kappa shape index (κ3) is 1.19. The fourth-order valence-corrected chi connectivity index (χ4v) is 2.60. The maximum absolute atomic E-state index is 5.90. The molecule has 0 bridgehead atoms. The van der Waals surface area contributed by atoms with E-state index in [9.17, 15) is 0 Å². The lowest BCUT2D eigenvalue weighted by Crippen LogP contribution is -2.20. The quantitative estimate of drug-likeness (QED) is 0.631. The van der Waals surface area contributed by atoms with Crippen molar-refractivity contribution in [3.8, 4) is 0 Å². The van der Waals surface area contributed by atoms with Gasteiger partial charge in [-0.3, -0.25) is 0 Å². The number of hydrogen-bond acceptors (Lipinski definition) is 2. The van der Waals surface area contributed by atoms with Crippen LogP contribution in [0.15, 0.2) is 23.1 Å². The number of fused-ring (bicyclic) bond motifs is 1. The van der Waals surface area contributed by atoms with Gasteiger partial charge < -0.3 is 4.90 Å². The Morgan fingerprint density at radius 2 is 2.25 bits per heavy atom. The van der Waals surface area contributed by atoms with E-state index in [0.29, 0.717) is 5.37 Å². The van der Waals surface area contributed by atoms with E-state index in [-0.39, 0.29) is 0 Å². The number of benzene rings is 1. The van der Waals surface area contributed by atoms with E-state index in [2.05, 4.69) is 24.9 Å². The Kier molecular flexibility index (Phi) is 1.97. The summed E-state index contributed by atoms with van der Waals surface area (Å²) in [6, 6.07) is 6.05. The zero-order valence-corrected chi connectivity index (χ0v) is 8.62. The van der Waals surface area contributed by atoms with Crippen LogP contribution in [0.3, 0.4) is 0 Å². The van der Waals surface area contributed by atoms with Crippen LogP contribution in [0.1, 0.15) is 6.92 Å². The summed E-state index contributed by atoms with van der Waals surface area (Å²) in [5.74, 6) is 0. The van der Waals surface area contributed by atoms with Crippen molar-refractivity contribution in [2.45, 2.75) is 17.2 Å². The summed E-state index contributed by atoms with van der Waals surface area (Å²) in [7, 11) is 2.10. The third-order valence-electron chi connectivity index (χ3n) is 2.14. The van der Waals surface area contributed by atoms with E-state index < -0.39 is 0 Å². The molecule has 3 heteroatoms. The topological polar surface area (TPSA) is 3.24 Å². The summed E-state index contributed by atoms with van der Waals surface area (Å²) in [6.07, 6.45) is 0. The summed E-state index contributed by atoms with van der Waals surface area (Å²) < 4.78 is 0. The summed E-state index contributed by atoms with van der Waals surface area (Å²) >= 11 is 7.78. The lowest BCUT2D eigenvalue weighted by Gasteiger charge is -2.16. The van der Waals surface area contributed by atoms with E-state index in [1.165, 1.54) is 10.6 Å². The average Bonchev–Trinajstić information content (AvgIpc) is 2.31. The molecule has 0 N–H and O–H groups in total. The van der Waals surface area contributed by atoms with E-state index in [0.717, 1.165) is 5.02 Å². The molecule has 1 aromatic rings. The van der Waals surface area contributed by atoms with Crippen molar-refractivity contribution >= 4 is 29.1 Å². The Bertz CT molecular complexity index is 313. The largest absolute Gasteiger partial charge is 0.362 e. The molecule has 1 atom stereocenters. The molecule has 0 aromatic heterocycles. The van der Waals surface area contributed by atoms with E-state index in [4.69, 9.17) is 11.6 Å². The first kappa shape index (κ1) is 8.27. The fourth-order valence-electron chi connectivity index (χ4n) is 1.32. The molecule has 0 fully saturated rings. The zero-order chi connectivity index (χ0) is 8.72. The second-order valence-corrected chi connectivity index (χ2v) is 4.73. The van der Waals surface area contributed by atoms with Gasteiger partial charge in [-0.25, -0.2) is 0 Å². The highest BCUT2D eigenvalue weighted by atomic mass is 35.5. The van der Waals surface area contributed by atoms with Crippen LogP contribution in [0.25, 0.3) is 0 Å². The average molecular weight is 200 g/mol. The molecule has 0 saturated carbocycles. The highest BCUT2D eigenvalue weighted by molar-refractivity contribution is 8.00. The van der Waals surface area contributed by atoms with Gasteiger partial charge in [-0.15, -0.1) is 0 Å². The highest BCUT2D eigenvalue weighted by Gasteiger charge is 2.23. The van der Waals surface area contributed by atoms with Crippen molar-refractivity contribution in [3.05, 3.63) is 23.2 Å². The van der Waals surface area contributed by atoms with Gasteiger partial charge in [0.1, 0.15) is 0 Å². The standard InChI is InChI=1S/C9H10ClNS/c1-6-11(2)8-5-7(10)3-4-9(8)12-6/h3-6H,1-2H3. The van der Waals surface area contributed by atoms with Crippen molar-refractivity contribution in [1.29, 1.82) is 0 Å². The second kappa shape index (κ2) is 2.86. The molecule has 0 spiro atoms. The van der Waals surface area contributed by atoms with Gasteiger partial charge >= 0.3 is 0 Å². The Morgan fingerprint density at radius 3 is 3.00 bits per heavy atom. The first-order chi connectivity index (χ1) is 5.68. The van der Waals surface area contributed by atoms with Crippen LogP contribution in [0, 0.1) is 0 Å². The van der Waals surface area contributed by atoms with E-state index in [1.54, 1.807) is 0 Å². The normalized spacial score (nSPS) is 21.2. The molecule has 1 nitrogen and oxygen atoms in total. The Morgan fingerprint density at radius 1 is 1.50 bits per heavy atom. The minimum Gasteiger partial charge on any atom is -0.362 e. The number of nitrogens with zero attached hydrogens (tertiary/aromatic N) is 1. The van der Waals surface area contributed by atoms with Gasteiger partial charge in [0, 0.05) is 17.0 Å². The highest BCUT2D eigenvalue weighted by Crippen LogP contribution is 2.42. The molecule has 12 heavy (non-hydrogen) atoms. The molecule has 1 aliphatic heterocycles. The number of hydrogen-bond donors (Lipinski definition) is 0. The van der Waals surface area contributed by atoms with Crippen molar-refractivity contribution in [2.24, 2.45) is 0 Å². The molecule has 1 heterocycles. The minimum absolute atomic E-state index is 0.526. The molecule has 0 aliphatic carbocycles. The molecular formula is C9H10ClNS. The monoisotopic (exact) mass is 199 g/mol. The summed E-state index contributed by atoms with van der Waals surface area (Å²) in [5, 5.41) is 1.34. The van der Waals surface area contributed by atoms with Gasteiger partial charge in [0.15, 0.2) is 0 Å². The zero-order valence-electron chi connectivity index (χ0n) is 7.04. The molecule has 1 aliphatic rings. The summed E-state index contributed by atoms with van der Waals surface area (Å²) in [6.45, 7) is 2.19. The number of anilines is 1. The predicted molar refractivity (Wildman–Crippen MR) is 55.2 cm³/mol. The summed E-state index contributed by atoms with van der Waals surface area (Å²) in [5.41, 5.74) is 1.25. The third-order valence-corrected chi connectivity index (χ3v) is 3.64. The van der Waals surface area contributed by atoms with Crippen molar-refractivity contribution < 1.29 is 0 Å². The van der Waals surface area contributed by atoms with Crippen LogP contribution in [-0.4, -0.2) is 12.4 Å². The molecule has 1 aromatic carbocycles. The van der Waals surface area contributed by atoms with Crippen molar-refractivity contribution in [1.82, 2.24) is 0 Å². The Hall–Kier alpha value is -0.340. The first-order valence-electron chi connectivity index (χ1n) is 3.87. The molecular weight excluding hydrogens is 190 g/mol. The lowest BCUT2D eigenvalue weighted by atomic mass is 10.3. The number of halogens is 1. The minimum atomic E-state index is 0.526. The number of rotatable bonds is 0. The molecule has 0 amide bonds. The van der Waals surface area contributed by atoms with Crippen LogP contribution in [-0.2, 0) is 0 Å². The maximum atomic E-state index is 5.90. The van der Waals surface area contributed by atoms with Crippen LogP contribution >= 0.6 is 23.4 Å². The fraction of sp³-hybridized carbons (Fsp3) is 0.333. The Balaban J connectivity index is 2.48. The van der Waals surface area contributed by atoms with Crippen LogP contribution < -0.4 is 4.90 Å². The van der Waals surface area contributed by atoms with E-state index in [1.807, 2.05) is 23.9 Å². The molecule has 64 valence electrons. The van der Waals surface area contributed by atoms with Crippen molar-refractivity contribution in [3.63, 3.8) is 0 Å². The predicted octanol–water partition coefficient (Wildman–Crippen LogP) is 3.23. The molecule has 0 radical (unpaired) electrons. The van der Waals surface area contributed by atoms with Crippen molar-refractivity contribution in [2.75, 3.05) is 11.9 Å². The Labute approximate surface area is 81.7 Å². The van der Waals surface area contributed by atoms with Gasteiger partial charge in [0.25, 0.3) is 0 Å². The van der Waals surface area contributed by atoms with Gasteiger partial charge in [-0.05, 0) is 25.1 Å². The van der Waals surface area contributed by atoms with Gasteiger partial charge in [-0.1, -0.05) is 23.4 Å². The van der Waals surface area contributed by atoms with Crippen LogP contribution in [0.2, 0.25) is 5.02 Å². The van der Waals surface area contributed by atoms with Gasteiger partial charge in [-0.2, -0.15) is 0 Å². The van der Waals surface area contributed by atoms with Gasteiger partial charge in [0.05, 0.1) is 11.1 Å². The summed E-state index contributed by atoms with van der Waals surface area (Å²) in [4.78, 5) is 3.57. The SMILES string of the molecule is CC1Sc2ccc(Cl)cc2N1C.